The number of benzene rings is 3. The van der Waals surface area contributed by atoms with E-state index in [0.717, 1.165) is 5.39 Å². The highest BCUT2D eigenvalue weighted by molar-refractivity contribution is 6.32. The Hall–Kier alpha value is -3.29. The van der Waals surface area contributed by atoms with Gasteiger partial charge in [-0.25, -0.2) is 8.78 Å². The molecule has 0 aliphatic carbocycles. The van der Waals surface area contributed by atoms with Crippen LogP contribution in [0.2, 0.25) is 5.02 Å². The van der Waals surface area contributed by atoms with Crippen LogP contribution in [0.1, 0.15) is 29.1 Å². The van der Waals surface area contributed by atoms with Gasteiger partial charge in [0.05, 0.1) is 13.4 Å². The van der Waals surface area contributed by atoms with E-state index < -0.39 is 35.9 Å². The number of hydrogen-bond donors (Lipinski definition) is 1. The molecular formula is C23H16ClF2N3O2. The number of aliphatic hydroxyl groups is 1. The predicted octanol–water partition coefficient (Wildman–Crippen LogP) is 4.82. The molecule has 1 aromatic heterocycles. The summed E-state index contributed by atoms with van der Waals surface area (Å²) in [4.78, 5) is 13.4. The van der Waals surface area contributed by atoms with Crippen LogP contribution in [0.15, 0.2) is 54.7 Å². The van der Waals surface area contributed by atoms with Crippen LogP contribution in [0.3, 0.4) is 0 Å². The number of amides is 1. The van der Waals surface area contributed by atoms with Crippen molar-refractivity contribution in [1.82, 2.24) is 14.7 Å². The summed E-state index contributed by atoms with van der Waals surface area (Å²) in [5.74, 6) is -2.53. The van der Waals surface area contributed by atoms with E-state index in [9.17, 15) is 9.90 Å². The van der Waals surface area contributed by atoms with Crippen LogP contribution in [-0.2, 0) is 13.6 Å². The minimum absolute atomic E-state index is 0.0238. The van der Waals surface area contributed by atoms with E-state index in [2.05, 4.69) is 5.10 Å². The first-order valence-electron chi connectivity index (χ1n) is 9.92. The molecule has 31 heavy (non-hydrogen) atoms. The van der Waals surface area contributed by atoms with Gasteiger partial charge in [0.1, 0.15) is 11.6 Å². The second kappa shape index (κ2) is 7.14. The predicted molar refractivity (Wildman–Crippen MR) is 112 cm³/mol. The number of carbonyl (C=O) groups is 1. The lowest BCUT2D eigenvalue weighted by molar-refractivity contribution is 0.0130. The van der Waals surface area contributed by atoms with Gasteiger partial charge in [0.15, 0.2) is 6.20 Å². The third-order valence-corrected chi connectivity index (χ3v) is 5.72. The molecule has 1 amide bonds. The molecule has 1 atom stereocenters. The minimum Gasteiger partial charge on any atom is -0.369 e. The highest BCUT2D eigenvalue weighted by Gasteiger charge is 2.38. The molecule has 5 rings (SSSR count). The fraction of sp³-hybridized carbons (Fsp3) is 0.130. The van der Waals surface area contributed by atoms with E-state index in [1.807, 2.05) is 0 Å². The van der Waals surface area contributed by atoms with E-state index in [1.54, 1.807) is 36.1 Å². The molecule has 3 aromatic carbocycles. The Kier molecular flexibility index (Phi) is 4.26. The zero-order valence-corrected chi connectivity index (χ0v) is 17.0. The number of hydrogen-bond acceptors (Lipinski definition) is 3. The van der Waals surface area contributed by atoms with Crippen LogP contribution in [0.25, 0.3) is 22.0 Å². The van der Waals surface area contributed by atoms with Crippen molar-refractivity contribution >= 4 is 28.4 Å². The zero-order chi connectivity index (χ0) is 22.8. The molecular weight excluding hydrogens is 424 g/mol. The number of halogens is 3. The summed E-state index contributed by atoms with van der Waals surface area (Å²) in [6, 6.07) is 12.0. The van der Waals surface area contributed by atoms with Crippen LogP contribution in [-0.4, -0.2) is 25.7 Å². The molecule has 1 aliphatic rings. The summed E-state index contributed by atoms with van der Waals surface area (Å²) in [6.07, 6.45) is -0.790. The van der Waals surface area contributed by atoms with Crippen molar-refractivity contribution in [2.24, 2.45) is 7.05 Å². The Balaban J connectivity index is 1.55. The lowest BCUT2D eigenvalue weighted by Gasteiger charge is -2.22. The first-order valence-corrected chi connectivity index (χ1v) is 9.80. The van der Waals surface area contributed by atoms with Gasteiger partial charge in [-0.3, -0.25) is 9.48 Å². The van der Waals surface area contributed by atoms with Crippen molar-refractivity contribution in [3.63, 3.8) is 0 Å². The lowest BCUT2D eigenvalue weighted by Crippen LogP contribution is -2.28. The molecule has 1 unspecified atom stereocenters. The molecule has 1 aliphatic heterocycles. The average Bonchev–Trinajstić information content (AvgIpc) is 3.20. The molecule has 2 heterocycles. The van der Waals surface area contributed by atoms with Crippen LogP contribution < -0.4 is 0 Å². The molecule has 8 heteroatoms. The van der Waals surface area contributed by atoms with Crippen LogP contribution in [0.4, 0.5) is 8.78 Å². The summed E-state index contributed by atoms with van der Waals surface area (Å²) in [5.41, 5.74) is 1.08. The molecule has 0 spiro atoms. The maximum atomic E-state index is 15.1. The minimum atomic E-state index is -2.55. The fourth-order valence-corrected chi connectivity index (χ4v) is 4.19. The van der Waals surface area contributed by atoms with Gasteiger partial charge in [0.25, 0.3) is 5.91 Å². The summed E-state index contributed by atoms with van der Waals surface area (Å²) in [5, 5.41) is 15.8. The number of nitrogens with zero attached hydrogens (tertiary/aromatic N) is 3. The molecule has 0 bridgehead atoms. The largest absolute Gasteiger partial charge is 0.369 e. The van der Waals surface area contributed by atoms with Gasteiger partial charge >= 0.3 is 0 Å². The summed E-state index contributed by atoms with van der Waals surface area (Å²) >= 11 is 6.07. The van der Waals surface area contributed by atoms with Crippen molar-refractivity contribution in [2.75, 3.05) is 0 Å². The standard InChI is InChI=1S/C23H16ClF2N3O2/c1-28-10-15-13(4-3-7-20(15)27-28)12-8-18(25)16(19(26)9-12)11-29-22(30)14-5-2-6-17(24)21(14)23(29)31/h2-10,23,31H,11H2,1H3/i23D. The second-order valence-electron chi connectivity index (χ2n) is 7.34. The maximum Gasteiger partial charge on any atom is 0.256 e. The Labute approximate surface area is 182 Å². The number of carbonyl (C=O) groups excluding carboxylic acids is 1. The summed E-state index contributed by atoms with van der Waals surface area (Å²) in [7, 11) is 1.76. The molecule has 0 saturated heterocycles. The van der Waals surface area contributed by atoms with Gasteiger partial charge in [-0.2, -0.15) is 5.10 Å². The third-order valence-electron chi connectivity index (χ3n) is 5.40. The van der Waals surface area contributed by atoms with Crippen molar-refractivity contribution in [2.45, 2.75) is 12.7 Å². The van der Waals surface area contributed by atoms with Crippen molar-refractivity contribution in [1.29, 1.82) is 0 Å². The number of aryl methyl sites for hydroxylation is 1. The first kappa shape index (κ1) is 18.5. The number of fused-ring (bicyclic) bond motifs is 2. The zero-order valence-electron chi connectivity index (χ0n) is 17.2. The highest BCUT2D eigenvalue weighted by atomic mass is 35.5. The molecule has 5 nitrogen and oxygen atoms in total. The van der Waals surface area contributed by atoms with Crippen LogP contribution >= 0.6 is 11.6 Å². The van der Waals surface area contributed by atoms with Crippen molar-refractivity contribution in [3.8, 4) is 11.1 Å². The smallest absolute Gasteiger partial charge is 0.256 e. The topological polar surface area (TPSA) is 58.4 Å². The monoisotopic (exact) mass is 440 g/mol. The van der Waals surface area contributed by atoms with E-state index in [0.29, 0.717) is 21.5 Å². The first-order chi connectivity index (χ1) is 15.2. The Morgan fingerprint density at radius 1 is 1.16 bits per heavy atom. The number of rotatable bonds is 3. The maximum absolute atomic E-state index is 15.1. The molecule has 0 saturated carbocycles. The van der Waals surface area contributed by atoms with Crippen molar-refractivity contribution in [3.05, 3.63) is 88.1 Å². The fourth-order valence-electron chi connectivity index (χ4n) is 3.93. The van der Waals surface area contributed by atoms with Crippen molar-refractivity contribution < 1.29 is 20.1 Å². The van der Waals surface area contributed by atoms with Gasteiger partial charge in [-0.1, -0.05) is 29.8 Å². The molecule has 156 valence electrons. The second-order valence-corrected chi connectivity index (χ2v) is 7.74. The van der Waals surface area contributed by atoms with E-state index in [1.165, 1.54) is 30.3 Å². The van der Waals surface area contributed by atoms with Gasteiger partial charge in [0.2, 0.25) is 0 Å². The van der Waals surface area contributed by atoms with Gasteiger partial charge in [0, 0.05) is 40.3 Å². The van der Waals surface area contributed by atoms with E-state index in [-0.39, 0.29) is 16.1 Å². The van der Waals surface area contributed by atoms with E-state index >= 15 is 8.78 Å². The lowest BCUT2D eigenvalue weighted by atomic mass is 9.99. The Morgan fingerprint density at radius 3 is 2.55 bits per heavy atom. The average molecular weight is 441 g/mol. The molecule has 1 N–H and O–H groups in total. The SMILES string of the molecule is [2H]C1(O)c2c(Cl)cccc2C(=O)N1Cc1c(F)cc(-c2cccc3nn(C)cc23)cc1F. The summed E-state index contributed by atoms with van der Waals surface area (Å²) in [6.45, 7) is -0.640. The van der Waals surface area contributed by atoms with Gasteiger partial charge in [-0.15, -0.1) is 0 Å². The van der Waals surface area contributed by atoms with Crippen LogP contribution in [0, 0.1) is 11.6 Å². The quantitative estimate of drug-likeness (QED) is 0.497. The number of aromatic nitrogens is 2. The van der Waals surface area contributed by atoms with Crippen LogP contribution in [0.5, 0.6) is 0 Å². The summed E-state index contributed by atoms with van der Waals surface area (Å²) < 4.78 is 40.0. The molecule has 0 radical (unpaired) electrons. The van der Waals surface area contributed by atoms with E-state index in [4.69, 9.17) is 13.0 Å². The molecule has 0 fully saturated rings. The normalized spacial score (nSPS) is 18.5. The Bertz CT molecular complexity index is 1400. The molecule has 4 aromatic rings. The van der Waals surface area contributed by atoms with Gasteiger partial charge in [-0.05, 0) is 41.5 Å². The third kappa shape index (κ3) is 3.08. The highest BCUT2D eigenvalue weighted by Crippen LogP contribution is 2.38. The Morgan fingerprint density at radius 2 is 1.84 bits per heavy atom. The van der Waals surface area contributed by atoms with Gasteiger partial charge < -0.3 is 10.0 Å².